The van der Waals surface area contributed by atoms with Gasteiger partial charge in [-0.05, 0) is 26.2 Å². The van der Waals surface area contributed by atoms with Crippen molar-refractivity contribution in [1.29, 1.82) is 0 Å². The molecule has 0 aromatic carbocycles. The van der Waals surface area contributed by atoms with E-state index in [4.69, 9.17) is 4.74 Å². The Hall–Kier alpha value is -1.41. The van der Waals surface area contributed by atoms with E-state index in [0.717, 1.165) is 24.6 Å². The Labute approximate surface area is 143 Å². The molecule has 2 rings (SSSR count). The maximum atomic E-state index is 12.5. The van der Waals surface area contributed by atoms with Crippen molar-refractivity contribution in [2.75, 3.05) is 11.9 Å². The number of nitrogens with zero attached hydrogens (tertiary/aromatic N) is 4. The molecule has 7 nitrogen and oxygen atoms in total. The minimum atomic E-state index is -0.317. The van der Waals surface area contributed by atoms with Crippen LogP contribution in [0.5, 0.6) is 0 Å². The molecule has 2 aromatic rings. The molecule has 0 spiro atoms. The van der Waals surface area contributed by atoms with Gasteiger partial charge in [0, 0.05) is 32.6 Å². The lowest BCUT2D eigenvalue weighted by Gasteiger charge is -2.14. The van der Waals surface area contributed by atoms with E-state index >= 15 is 0 Å². The van der Waals surface area contributed by atoms with Crippen molar-refractivity contribution in [3.05, 3.63) is 27.2 Å². The number of hydrogen-bond donors (Lipinski definition) is 0. The van der Waals surface area contributed by atoms with E-state index in [1.807, 2.05) is 6.92 Å². The fourth-order valence-electron chi connectivity index (χ4n) is 2.68. The third-order valence-corrected chi connectivity index (χ3v) is 4.66. The van der Waals surface area contributed by atoms with E-state index in [0.29, 0.717) is 24.3 Å². The van der Waals surface area contributed by atoms with Crippen molar-refractivity contribution >= 4 is 27.1 Å². The largest absolute Gasteiger partial charge is 0.378 e. The molecular weight excluding hydrogens is 364 g/mol. The number of imidazole rings is 1. The molecule has 0 saturated carbocycles. The minimum absolute atomic E-state index is 0.180. The summed E-state index contributed by atoms with van der Waals surface area (Å²) in [5.41, 5.74) is 0.294. The van der Waals surface area contributed by atoms with Crippen LogP contribution in [0.4, 0.5) is 0 Å². The van der Waals surface area contributed by atoms with Gasteiger partial charge in [-0.25, -0.2) is 9.78 Å². The zero-order chi connectivity index (χ0) is 17.0. The first kappa shape index (κ1) is 17.9. The van der Waals surface area contributed by atoms with Gasteiger partial charge in [0.2, 0.25) is 0 Å². The molecule has 1 unspecified atom stereocenters. The molecule has 0 radical (unpaired) electrons. The number of fused-ring (bicyclic) bond motifs is 1. The van der Waals surface area contributed by atoms with Crippen molar-refractivity contribution in [2.45, 2.75) is 38.8 Å². The number of aryl methyl sites for hydroxylation is 2. The number of aromatic nitrogens is 4. The zero-order valence-corrected chi connectivity index (χ0v) is 15.4. The highest BCUT2D eigenvalue weighted by Gasteiger charge is 2.14. The maximum Gasteiger partial charge on any atom is 0.332 e. The quantitative estimate of drug-likeness (QED) is 0.507. The monoisotopic (exact) mass is 386 g/mol. The van der Waals surface area contributed by atoms with Crippen LogP contribution in [0.2, 0.25) is 0 Å². The second-order valence-electron chi connectivity index (χ2n) is 5.55. The van der Waals surface area contributed by atoms with Gasteiger partial charge in [-0.3, -0.25) is 13.9 Å². The summed E-state index contributed by atoms with van der Waals surface area (Å²) in [7, 11) is 3.40. The first-order valence-corrected chi connectivity index (χ1v) is 8.91. The fraction of sp³-hybridized carbons (Fsp3) is 0.667. The fourth-order valence-corrected chi connectivity index (χ4v) is 3.19. The highest BCUT2D eigenvalue weighted by Crippen LogP contribution is 2.09. The number of hydrogen-bond acceptors (Lipinski definition) is 4. The number of alkyl halides is 1. The Morgan fingerprint density at radius 1 is 1.30 bits per heavy atom. The summed E-state index contributed by atoms with van der Waals surface area (Å²) in [5, 5.41) is 0.795. The Kier molecular flexibility index (Phi) is 6.17. The summed E-state index contributed by atoms with van der Waals surface area (Å²) in [4.78, 5) is 29.0. The van der Waals surface area contributed by atoms with Gasteiger partial charge in [0.25, 0.3) is 5.56 Å². The number of unbranched alkanes of at least 4 members (excludes halogenated alkanes) is 1. The van der Waals surface area contributed by atoms with Crippen LogP contribution in [0.3, 0.4) is 0 Å². The molecule has 0 bridgehead atoms. The van der Waals surface area contributed by atoms with Crippen LogP contribution in [-0.4, -0.2) is 36.7 Å². The van der Waals surface area contributed by atoms with E-state index in [9.17, 15) is 9.59 Å². The summed E-state index contributed by atoms with van der Waals surface area (Å²) in [5.74, 6) is 0. The van der Waals surface area contributed by atoms with Crippen molar-refractivity contribution in [2.24, 2.45) is 14.1 Å². The van der Waals surface area contributed by atoms with E-state index in [2.05, 4.69) is 20.9 Å². The van der Waals surface area contributed by atoms with Gasteiger partial charge >= 0.3 is 5.69 Å². The van der Waals surface area contributed by atoms with Crippen LogP contribution in [0.15, 0.2) is 15.9 Å². The average Bonchev–Trinajstić information content (AvgIpc) is 2.93. The maximum absolute atomic E-state index is 12.5. The topological polar surface area (TPSA) is 71.1 Å². The van der Waals surface area contributed by atoms with Crippen LogP contribution in [-0.2, 0) is 25.4 Å². The van der Waals surface area contributed by atoms with Crippen molar-refractivity contribution < 1.29 is 4.74 Å². The highest BCUT2D eigenvalue weighted by molar-refractivity contribution is 9.09. The van der Waals surface area contributed by atoms with Gasteiger partial charge in [-0.1, -0.05) is 15.9 Å². The van der Waals surface area contributed by atoms with E-state index < -0.39 is 0 Å². The molecule has 0 aliphatic carbocycles. The first-order chi connectivity index (χ1) is 11.0. The first-order valence-electron chi connectivity index (χ1n) is 7.79. The second kappa shape index (κ2) is 7.92. The molecule has 1 atom stereocenters. The predicted molar refractivity (Wildman–Crippen MR) is 93.3 cm³/mol. The molecule has 0 aliphatic heterocycles. The summed E-state index contributed by atoms with van der Waals surface area (Å²) in [6.07, 6.45) is 4.30. The molecular formula is C15H23BrN4O3. The Morgan fingerprint density at radius 3 is 2.70 bits per heavy atom. The molecule has 2 heterocycles. The Morgan fingerprint density at radius 2 is 2.04 bits per heavy atom. The number of rotatable bonds is 8. The third kappa shape index (κ3) is 3.74. The lowest BCUT2D eigenvalue weighted by Crippen LogP contribution is -2.39. The van der Waals surface area contributed by atoms with Gasteiger partial charge in [-0.15, -0.1) is 0 Å². The van der Waals surface area contributed by atoms with Gasteiger partial charge in [0.15, 0.2) is 11.2 Å². The summed E-state index contributed by atoms with van der Waals surface area (Å²) in [6, 6.07) is 0. The minimum Gasteiger partial charge on any atom is -0.378 e. The Balaban J connectivity index is 2.13. The van der Waals surface area contributed by atoms with Gasteiger partial charge in [0.05, 0.1) is 12.4 Å². The predicted octanol–water partition coefficient (Wildman–Crippen LogP) is 1.40. The van der Waals surface area contributed by atoms with Gasteiger partial charge < -0.3 is 9.30 Å². The van der Waals surface area contributed by atoms with Crippen LogP contribution in [0.25, 0.3) is 11.2 Å². The van der Waals surface area contributed by atoms with E-state index in [1.54, 1.807) is 25.0 Å². The lowest BCUT2D eigenvalue weighted by molar-refractivity contribution is 0.0724. The SMILES string of the molecule is CCOC(CBr)CCCCn1c(=O)c2c(ncn2C)n(C)c1=O. The molecule has 0 aliphatic rings. The summed E-state index contributed by atoms with van der Waals surface area (Å²) in [6.45, 7) is 3.07. The third-order valence-electron chi connectivity index (χ3n) is 3.93. The average molecular weight is 387 g/mol. The van der Waals surface area contributed by atoms with E-state index in [-0.39, 0.29) is 17.4 Å². The summed E-state index contributed by atoms with van der Waals surface area (Å²) >= 11 is 3.43. The Bertz CT molecular complexity index is 777. The standard InChI is InChI=1S/C15H23BrN4O3/c1-4-23-11(9-16)7-5-6-8-20-14(21)12-13(17-10-18(12)2)19(3)15(20)22/h10-11H,4-9H2,1-3H3. The van der Waals surface area contributed by atoms with E-state index in [1.165, 1.54) is 9.13 Å². The number of halogens is 1. The molecule has 0 N–H and O–H groups in total. The lowest BCUT2D eigenvalue weighted by atomic mass is 10.1. The second-order valence-corrected chi connectivity index (χ2v) is 6.20. The summed E-state index contributed by atoms with van der Waals surface area (Å²) < 4.78 is 9.96. The normalized spacial score (nSPS) is 12.9. The molecule has 0 fully saturated rings. The van der Waals surface area contributed by atoms with Crippen LogP contribution >= 0.6 is 15.9 Å². The number of ether oxygens (including phenoxy) is 1. The smallest absolute Gasteiger partial charge is 0.332 e. The van der Waals surface area contributed by atoms with Crippen LogP contribution in [0.1, 0.15) is 26.2 Å². The zero-order valence-electron chi connectivity index (χ0n) is 13.8. The van der Waals surface area contributed by atoms with Crippen molar-refractivity contribution in [3.63, 3.8) is 0 Å². The molecule has 0 saturated heterocycles. The van der Waals surface area contributed by atoms with Crippen molar-refractivity contribution in [1.82, 2.24) is 18.7 Å². The van der Waals surface area contributed by atoms with Crippen LogP contribution < -0.4 is 11.2 Å². The molecule has 128 valence electrons. The molecule has 23 heavy (non-hydrogen) atoms. The highest BCUT2D eigenvalue weighted by atomic mass is 79.9. The molecule has 2 aromatic heterocycles. The van der Waals surface area contributed by atoms with Gasteiger partial charge in [0.1, 0.15) is 0 Å². The van der Waals surface area contributed by atoms with Gasteiger partial charge in [-0.2, -0.15) is 0 Å². The van der Waals surface area contributed by atoms with Crippen molar-refractivity contribution in [3.8, 4) is 0 Å². The molecule has 0 amide bonds. The molecule has 8 heteroatoms. The van der Waals surface area contributed by atoms with Crippen LogP contribution in [0, 0.1) is 0 Å².